The summed E-state index contributed by atoms with van der Waals surface area (Å²) in [7, 11) is 1.54. The van der Waals surface area contributed by atoms with Gasteiger partial charge in [0.2, 0.25) is 5.82 Å². The van der Waals surface area contributed by atoms with Crippen LogP contribution in [0.5, 0.6) is 5.75 Å². The Labute approximate surface area is 152 Å². The second-order valence-electron chi connectivity index (χ2n) is 5.57. The minimum Gasteiger partial charge on any atom is -0.497 e. The second kappa shape index (κ2) is 7.48. The van der Waals surface area contributed by atoms with Crippen LogP contribution in [-0.4, -0.2) is 28.8 Å². The van der Waals surface area contributed by atoms with Crippen molar-refractivity contribution in [3.05, 3.63) is 59.9 Å². The van der Waals surface area contributed by atoms with Crippen LogP contribution in [0.4, 0.5) is 13.2 Å². The Balaban J connectivity index is 1.74. The summed E-state index contributed by atoms with van der Waals surface area (Å²) in [5.74, 6) is -1.16. The van der Waals surface area contributed by atoms with Gasteiger partial charge < -0.3 is 9.30 Å². The van der Waals surface area contributed by atoms with Crippen molar-refractivity contribution < 1.29 is 22.7 Å². The van der Waals surface area contributed by atoms with Crippen LogP contribution in [-0.2, 0) is 17.5 Å². The van der Waals surface area contributed by atoms with Gasteiger partial charge in [-0.25, -0.2) is 10.4 Å². The molecule has 140 valence electrons. The standard InChI is InChI=1S/C18H15F3N4O2/c1-27-13-8-6-12(7-9-13)10-22-24-16(26)11-25-15-5-3-2-4-14(15)23-17(25)18(19,20)21/h2-10H,11H2,1H3,(H,24,26)/b22-10-. The van der Waals surface area contributed by atoms with Crippen molar-refractivity contribution in [1.82, 2.24) is 15.0 Å². The zero-order valence-corrected chi connectivity index (χ0v) is 14.2. The molecule has 3 aromatic rings. The molecule has 0 saturated carbocycles. The number of ether oxygens (including phenoxy) is 1. The maximum Gasteiger partial charge on any atom is 0.449 e. The van der Waals surface area contributed by atoms with Gasteiger partial charge in [0.15, 0.2) is 0 Å². The summed E-state index contributed by atoms with van der Waals surface area (Å²) in [6.07, 6.45) is -3.29. The molecule has 9 heteroatoms. The normalized spacial score (nSPS) is 11.9. The highest BCUT2D eigenvalue weighted by atomic mass is 19.4. The molecular formula is C18H15F3N4O2. The van der Waals surface area contributed by atoms with E-state index in [1.807, 2.05) is 0 Å². The van der Waals surface area contributed by atoms with Crippen LogP contribution >= 0.6 is 0 Å². The van der Waals surface area contributed by atoms with Crippen LogP contribution in [0.3, 0.4) is 0 Å². The number of para-hydroxylation sites is 2. The third kappa shape index (κ3) is 4.25. The van der Waals surface area contributed by atoms with Gasteiger partial charge in [-0.1, -0.05) is 12.1 Å². The van der Waals surface area contributed by atoms with Crippen molar-refractivity contribution in [2.75, 3.05) is 7.11 Å². The molecule has 3 rings (SSSR count). The summed E-state index contributed by atoms with van der Waals surface area (Å²) in [5, 5.41) is 3.77. The van der Waals surface area contributed by atoms with Crippen molar-refractivity contribution in [1.29, 1.82) is 0 Å². The Morgan fingerprint density at radius 2 is 1.93 bits per heavy atom. The number of alkyl halides is 3. The first-order chi connectivity index (χ1) is 12.9. The van der Waals surface area contributed by atoms with Gasteiger partial charge in [-0.2, -0.15) is 18.3 Å². The van der Waals surface area contributed by atoms with Gasteiger partial charge in [0, 0.05) is 0 Å². The molecule has 1 aromatic heterocycles. The van der Waals surface area contributed by atoms with Crippen LogP contribution < -0.4 is 10.2 Å². The maximum absolute atomic E-state index is 13.2. The molecule has 6 nitrogen and oxygen atoms in total. The summed E-state index contributed by atoms with van der Waals surface area (Å²) in [6, 6.07) is 13.0. The first kappa shape index (κ1) is 18.4. The number of aromatic nitrogens is 2. The Kier molecular flexibility index (Phi) is 5.11. The van der Waals surface area contributed by atoms with Crippen molar-refractivity contribution in [3.63, 3.8) is 0 Å². The van der Waals surface area contributed by atoms with Crippen LogP contribution in [0.1, 0.15) is 11.4 Å². The highest BCUT2D eigenvalue weighted by Gasteiger charge is 2.37. The molecule has 0 atom stereocenters. The molecule has 0 fully saturated rings. The molecule has 27 heavy (non-hydrogen) atoms. The second-order valence-corrected chi connectivity index (χ2v) is 5.57. The first-order valence-electron chi connectivity index (χ1n) is 7.87. The molecule has 0 unspecified atom stereocenters. The number of nitrogens with one attached hydrogen (secondary N) is 1. The number of nitrogens with zero attached hydrogens (tertiary/aromatic N) is 3. The molecule has 0 saturated heterocycles. The van der Waals surface area contributed by atoms with Crippen LogP contribution in [0.2, 0.25) is 0 Å². The molecule has 1 amide bonds. The summed E-state index contributed by atoms with van der Waals surface area (Å²) in [4.78, 5) is 15.7. The zero-order chi connectivity index (χ0) is 19.4. The van der Waals surface area contributed by atoms with Gasteiger partial charge in [-0.3, -0.25) is 4.79 Å². The van der Waals surface area contributed by atoms with Gasteiger partial charge in [0.25, 0.3) is 5.91 Å². The third-order valence-corrected chi connectivity index (χ3v) is 3.73. The molecule has 0 aliphatic rings. The van der Waals surface area contributed by atoms with E-state index in [2.05, 4.69) is 15.5 Å². The number of rotatable bonds is 5. The maximum atomic E-state index is 13.2. The lowest BCUT2D eigenvalue weighted by molar-refractivity contribution is -0.147. The van der Waals surface area contributed by atoms with Crippen LogP contribution in [0.25, 0.3) is 11.0 Å². The highest BCUT2D eigenvalue weighted by molar-refractivity contribution is 5.84. The number of fused-ring (bicyclic) bond motifs is 1. The summed E-state index contributed by atoms with van der Waals surface area (Å²) in [6.45, 7) is -0.560. The lowest BCUT2D eigenvalue weighted by Crippen LogP contribution is -2.26. The van der Waals surface area contributed by atoms with E-state index in [1.165, 1.54) is 18.3 Å². The van der Waals surface area contributed by atoms with E-state index in [-0.39, 0.29) is 11.0 Å². The average Bonchev–Trinajstić information content (AvgIpc) is 3.01. The Morgan fingerprint density at radius 1 is 1.22 bits per heavy atom. The van der Waals surface area contributed by atoms with E-state index in [0.717, 1.165) is 4.57 Å². The fourth-order valence-electron chi connectivity index (χ4n) is 2.50. The Hall–Kier alpha value is -3.36. The van der Waals surface area contributed by atoms with Gasteiger partial charge >= 0.3 is 6.18 Å². The minimum atomic E-state index is -4.67. The predicted octanol–water partition coefficient (Wildman–Crippen LogP) is 3.21. The number of hydrogen-bond acceptors (Lipinski definition) is 4. The SMILES string of the molecule is COc1ccc(/C=N\NC(=O)Cn2c(C(F)(F)F)nc3ccccc32)cc1. The van der Waals surface area contributed by atoms with Gasteiger partial charge in [-0.05, 0) is 42.0 Å². The zero-order valence-electron chi connectivity index (χ0n) is 14.2. The number of methoxy groups -OCH3 is 1. The average molecular weight is 376 g/mol. The molecule has 0 aliphatic carbocycles. The van der Waals surface area contributed by atoms with Crippen molar-refractivity contribution in [2.24, 2.45) is 5.10 Å². The molecule has 1 heterocycles. The monoisotopic (exact) mass is 376 g/mol. The Bertz CT molecular complexity index is 978. The van der Waals surface area contributed by atoms with Crippen molar-refractivity contribution in [3.8, 4) is 5.75 Å². The smallest absolute Gasteiger partial charge is 0.449 e. The summed E-state index contributed by atoms with van der Waals surface area (Å²) < 4.78 is 45.5. The number of carbonyl (C=O) groups excluding carboxylic acids is 1. The van der Waals surface area contributed by atoms with Crippen molar-refractivity contribution in [2.45, 2.75) is 12.7 Å². The van der Waals surface area contributed by atoms with Gasteiger partial charge in [0.1, 0.15) is 12.3 Å². The molecule has 0 spiro atoms. The number of imidazole rings is 1. The number of hydrogen-bond donors (Lipinski definition) is 1. The molecular weight excluding hydrogens is 361 g/mol. The Morgan fingerprint density at radius 3 is 2.59 bits per heavy atom. The van der Waals surface area contributed by atoms with Crippen LogP contribution in [0, 0.1) is 0 Å². The fourth-order valence-corrected chi connectivity index (χ4v) is 2.50. The van der Waals surface area contributed by atoms with E-state index in [9.17, 15) is 18.0 Å². The summed E-state index contributed by atoms with van der Waals surface area (Å²) >= 11 is 0. The molecule has 0 radical (unpaired) electrons. The lowest BCUT2D eigenvalue weighted by Gasteiger charge is -2.10. The van der Waals surface area contributed by atoms with E-state index < -0.39 is 24.5 Å². The molecule has 0 aliphatic heterocycles. The largest absolute Gasteiger partial charge is 0.497 e. The van der Waals surface area contributed by atoms with E-state index in [1.54, 1.807) is 43.5 Å². The fraction of sp³-hybridized carbons (Fsp3) is 0.167. The van der Waals surface area contributed by atoms with E-state index >= 15 is 0 Å². The molecule has 1 N–H and O–H groups in total. The number of benzene rings is 2. The van der Waals surface area contributed by atoms with Crippen molar-refractivity contribution >= 4 is 23.2 Å². The molecule has 0 bridgehead atoms. The van der Waals surface area contributed by atoms with Gasteiger partial charge in [0.05, 0.1) is 24.4 Å². The number of hydrazone groups is 1. The van der Waals surface area contributed by atoms with E-state index in [4.69, 9.17) is 4.74 Å². The highest BCUT2D eigenvalue weighted by Crippen LogP contribution is 2.31. The summed E-state index contributed by atoms with van der Waals surface area (Å²) in [5.41, 5.74) is 3.31. The predicted molar refractivity (Wildman–Crippen MR) is 93.5 cm³/mol. The van der Waals surface area contributed by atoms with E-state index in [0.29, 0.717) is 11.3 Å². The van der Waals surface area contributed by atoms with Gasteiger partial charge in [-0.15, -0.1) is 0 Å². The number of carbonyl (C=O) groups is 1. The quantitative estimate of drug-likeness (QED) is 0.549. The lowest BCUT2D eigenvalue weighted by atomic mass is 10.2. The topological polar surface area (TPSA) is 68.5 Å². The number of halogens is 3. The number of amides is 1. The van der Waals surface area contributed by atoms with Crippen LogP contribution in [0.15, 0.2) is 53.6 Å². The minimum absolute atomic E-state index is 0.166. The first-order valence-corrected chi connectivity index (χ1v) is 7.87. The third-order valence-electron chi connectivity index (χ3n) is 3.73. The molecule has 2 aromatic carbocycles.